The van der Waals surface area contributed by atoms with Crippen LogP contribution < -0.4 is 9.80 Å². The molecule has 1 aliphatic heterocycles. The smallest absolute Gasteiger partial charge is 0.270 e. The number of nitro benzene ring substituents is 1. The Kier molecular flexibility index (Phi) is 4.67. The van der Waals surface area contributed by atoms with Gasteiger partial charge in [0, 0.05) is 55.8 Å². The molecule has 0 atom stereocenters. The van der Waals surface area contributed by atoms with Crippen LogP contribution in [0.1, 0.15) is 5.69 Å². The second-order valence-corrected chi connectivity index (χ2v) is 6.84. The number of rotatable bonds is 4. The second kappa shape index (κ2) is 7.30. The lowest BCUT2D eigenvalue weighted by Crippen LogP contribution is -2.50. The maximum Gasteiger partial charge on any atom is 0.270 e. The number of nitrogens with zero attached hydrogens (tertiary/aromatic N) is 7. The zero-order valence-corrected chi connectivity index (χ0v) is 16.0. The van der Waals surface area contributed by atoms with Crippen molar-refractivity contribution in [1.82, 2.24) is 19.7 Å². The highest BCUT2D eigenvalue weighted by Crippen LogP contribution is 2.25. The first-order chi connectivity index (χ1) is 13.9. The standard InChI is InChI=1S/C19H19N7O3/c1-13-8-17(22-19(21-13)14-4-3-5-15(9-14)26(28)29)24-6-7-25(18(27)12-24)16-10-20-23(2)11-16/h3-5,8-11H,6-7,12H2,1-2H3. The first kappa shape index (κ1) is 18.5. The molecule has 0 unspecified atom stereocenters. The van der Waals surface area contributed by atoms with Crippen molar-refractivity contribution in [3.05, 3.63) is 58.5 Å². The van der Waals surface area contributed by atoms with Gasteiger partial charge in [0.1, 0.15) is 5.82 Å². The average Bonchev–Trinajstić information content (AvgIpc) is 3.13. The van der Waals surface area contributed by atoms with E-state index in [1.165, 1.54) is 12.1 Å². The summed E-state index contributed by atoms with van der Waals surface area (Å²) in [6.45, 7) is 3.13. The Morgan fingerprint density at radius 1 is 1.17 bits per heavy atom. The molecule has 4 rings (SSSR count). The number of non-ortho nitro benzene ring substituents is 1. The van der Waals surface area contributed by atoms with Gasteiger partial charge in [0.05, 0.1) is 23.4 Å². The van der Waals surface area contributed by atoms with Crippen molar-refractivity contribution >= 4 is 23.1 Å². The van der Waals surface area contributed by atoms with Crippen molar-refractivity contribution in [3.63, 3.8) is 0 Å². The van der Waals surface area contributed by atoms with Crippen molar-refractivity contribution in [2.24, 2.45) is 7.05 Å². The van der Waals surface area contributed by atoms with E-state index in [9.17, 15) is 14.9 Å². The molecule has 10 nitrogen and oxygen atoms in total. The number of amides is 1. The number of hydrogen-bond donors (Lipinski definition) is 0. The fraction of sp³-hybridized carbons (Fsp3) is 0.263. The summed E-state index contributed by atoms with van der Waals surface area (Å²) in [5.41, 5.74) is 2.03. The summed E-state index contributed by atoms with van der Waals surface area (Å²) in [4.78, 5) is 35.9. The van der Waals surface area contributed by atoms with Crippen LogP contribution in [-0.2, 0) is 11.8 Å². The molecule has 0 aliphatic carbocycles. The maximum atomic E-state index is 12.7. The van der Waals surface area contributed by atoms with Crippen LogP contribution in [0, 0.1) is 17.0 Å². The summed E-state index contributed by atoms with van der Waals surface area (Å²) >= 11 is 0. The number of anilines is 2. The first-order valence-corrected chi connectivity index (χ1v) is 9.05. The minimum Gasteiger partial charge on any atom is -0.345 e. The molecule has 1 aliphatic rings. The third kappa shape index (κ3) is 3.77. The Labute approximate surface area is 166 Å². The van der Waals surface area contributed by atoms with Gasteiger partial charge >= 0.3 is 0 Å². The molecule has 3 aromatic rings. The Bertz CT molecular complexity index is 1090. The molecule has 1 fully saturated rings. The zero-order valence-electron chi connectivity index (χ0n) is 16.0. The number of aryl methyl sites for hydroxylation is 2. The van der Waals surface area contributed by atoms with Gasteiger partial charge in [-0.1, -0.05) is 12.1 Å². The summed E-state index contributed by atoms with van der Waals surface area (Å²) < 4.78 is 1.66. The van der Waals surface area contributed by atoms with E-state index in [0.717, 1.165) is 11.4 Å². The molecular weight excluding hydrogens is 374 g/mol. The second-order valence-electron chi connectivity index (χ2n) is 6.84. The number of benzene rings is 1. The van der Waals surface area contributed by atoms with Crippen LogP contribution in [0.5, 0.6) is 0 Å². The summed E-state index contributed by atoms with van der Waals surface area (Å²) in [6, 6.07) is 8.03. The molecule has 1 amide bonds. The number of hydrogen-bond acceptors (Lipinski definition) is 7. The van der Waals surface area contributed by atoms with Gasteiger partial charge in [0.15, 0.2) is 5.82 Å². The molecule has 1 saturated heterocycles. The number of nitro groups is 1. The van der Waals surface area contributed by atoms with Crippen molar-refractivity contribution in [1.29, 1.82) is 0 Å². The van der Waals surface area contributed by atoms with Crippen LogP contribution in [0.15, 0.2) is 42.7 Å². The van der Waals surface area contributed by atoms with Crippen LogP contribution in [0.25, 0.3) is 11.4 Å². The number of carbonyl (C=O) groups is 1. The van der Waals surface area contributed by atoms with Gasteiger partial charge in [-0.2, -0.15) is 5.10 Å². The summed E-state index contributed by atoms with van der Waals surface area (Å²) in [6.07, 6.45) is 3.48. The Morgan fingerprint density at radius 3 is 2.69 bits per heavy atom. The van der Waals surface area contributed by atoms with E-state index in [1.54, 1.807) is 27.9 Å². The topological polar surface area (TPSA) is 110 Å². The van der Waals surface area contributed by atoms with Gasteiger partial charge in [-0.05, 0) is 6.92 Å². The monoisotopic (exact) mass is 393 g/mol. The van der Waals surface area contributed by atoms with Gasteiger partial charge in [-0.3, -0.25) is 19.6 Å². The fourth-order valence-corrected chi connectivity index (χ4v) is 3.29. The predicted molar refractivity (Wildman–Crippen MR) is 107 cm³/mol. The van der Waals surface area contributed by atoms with Crippen LogP contribution in [-0.4, -0.2) is 50.2 Å². The van der Waals surface area contributed by atoms with Crippen molar-refractivity contribution in [3.8, 4) is 11.4 Å². The molecule has 1 aromatic carbocycles. The van der Waals surface area contributed by atoms with Crippen LogP contribution in [0.2, 0.25) is 0 Å². The molecule has 0 spiro atoms. The zero-order chi connectivity index (χ0) is 20.5. The summed E-state index contributed by atoms with van der Waals surface area (Å²) in [5, 5.41) is 15.2. The fourth-order valence-electron chi connectivity index (χ4n) is 3.29. The highest BCUT2D eigenvalue weighted by atomic mass is 16.6. The minimum absolute atomic E-state index is 0.0191. The molecule has 0 radical (unpaired) electrons. The molecule has 2 aromatic heterocycles. The van der Waals surface area contributed by atoms with Crippen molar-refractivity contribution in [2.75, 3.05) is 29.4 Å². The largest absolute Gasteiger partial charge is 0.345 e. The molecular formula is C19H19N7O3. The first-order valence-electron chi connectivity index (χ1n) is 9.05. The van der Waals surface area contributed by atoms with Gasteiger partial charge in [0.25, 0.3) is 5.69 Å². The molecule has 3 heterocycles. The maximum absolute atomic E-state index is 12.7. The van der Waals surface area contributed by atoms with E-state index >= 15 is 0 Å². The molecule has 148 valence electrons. The third-order valence-corrected chi connectivity index (χ3v) is 4.70. The summed E-state index contributed by atoms with van der Waals surface area (Å²) in [7, 11) is 1.81. The van der Waals surface area contributed by atoms with E-state index in [0.29, 0.717) is 30.3 Å². The van der Waals surface area contributed by atoms with Gasteiger partial charge in [-0.15, -0.1) is 0 Å². The van der Waals surface area contributed by atoms with Gasteiger partial charge in [-0.25, -0.2) is 9.97 Å². The molecule has 0 saturated carbocycles. The molecule has 0 bridgehead atoms. The Hall–Kier alpha value is -3.82. The molecule has 29 heavy (non-hydrogen) atoms. The van der Waals surface area contributed by atoms with Gasteiger partial charge < -0.3 is 9.80 Å². The highest BCUT2D eigenvalue weighted by molar-refractivity contribution is 5.97. The Balaban J connectivity index is 1.59. The predicted octanol–water partition coefficient (Wildman–Crippen LogP) is 1.95. The quantitative estimate of drug-likeness (QED) is 0.492. The van der Waals surface area contributed by atoms with E-state index < -0.39 is 4.92 Å². The third-order valence-electron chi connectivity index (χ3n) is 4.70. The van der Waals surface area contributed by atoms with Crippen molar-refractivity contribution < 1.29 is 9.72 Å². The van der Waals surface area contributed by atoms with E-state index in [4.69, 9.17) is 0 Å². The molecule has 10 heteroatoms. The Morgan fingerprint density at radius 2 is 2.00 bits per heavy atom. The normalized spacial score (nSPS) is 14.3. The van der Waals surface area contributed by atoms with Crippen LogP contribution in [0.4, 0.5) is 17.2 Å². The number of piperazine rings is 1. The lowest BCUT2D eigenvalue weighted by atomic mass is 10.2. The average molecular weight is 393 g/mol. The van der Waals surface area contributed by atoms with Crippen molar-refractivity contribution in [2.45, 2.75) is 6.92 Å². The van der Waals surface area contributed by atoms with E-state index in [1.807, 2.05) is 31.1 Å². The van der Waals surface area contributed by atoms with Crippen LogP contribution in [0.3, 0.4) is 0 Å². The minimum atomic E-state index is -0.448. The van der Waals surface area contributed by atoms with Gasteiger partial charge in [0.2, 0.25) is 5.91 Å². The van der Waals surface area contributed by atoms with E-state index in [2.05, 4.69) is 15.1 Å². The molecule has 0 N–H and O–H groups in total. The number of carbonyl (C=O) groups excluding carboxylic acids is 1. The lowest BCUT2D eigenvalue weighted by molar-refractivity contribution is -0.384. The van der Waals surface area contributed by atoms with Crippen LogP contribution >= 0.6 is 0 Å². The lowest BCUT2D eigenvalue weighted by Gasteiger charge is -2.34. The number of aromatic nitrogens is 4. The SMILES string of the molecule is Cc1cc(N2CCN(c3cnn(C)c3)C(=O)C2)nc(-c2cccc([N+](=O)[O-])c2)n1. The highest BCUT2D eigenvalue weighted by Gasteiger charge is 2.27. The van der Waals surface area contributed by atoms with E-state index in [-0.39, 0.29) is 18.1 Å². The summed E-state index contributed by atoms with van der Waals surface area (Å²) in [5.74, 6) is 0.974.